The van der Waals surface area contributed by atoms with Gasteiger partial charge in [-0.25, -0.2) is 8.42 Å². The molecule has 1 aliphatic heterocycles. The molecule has 0 saturated carbocycles. The minimum Gasteiger partial charge on any atom is -0.322 e. The van der Waals surface area contributed by atoms with Crippen LogP contribution in [0.4, 0.5) is 18.9 Å². The van der Waals surface area contributed by atoms with Crippen molar-refractivity contribution in [1.82, 2.24) is 4.90 Å². The summed E-state index contributed by atoms with van der Waals surface area (Å²) in [4.78, 5) is 13.2. The first-order chi connectivity index (χ1) is 12.9. The number of carbonyl (C=O) groups excluding carboxylic acids is 1. The number of hydrogen-bond acceptors (Lipinski definition) is 3. The monoisotopic (exact) mass is 432 g/mol. The van der Waals surface area contributed by atoms with E-state index in [1.807, 2.05) is 0 Å². The topological polar surface area (TPSA) is 66.5 Å². The van der Waals surface area contributed by atoms with Gasteiger partial charge in [-0.05, 0) is 47.9 Å². The Morgan fingerprint density at radius 2 is 1.86 bits per heavy atom. The lowest BCUT2D eigenvalue weighted by molar-refractivity contribution is -0.172. The number of hydrogen-bond donors (Lipinski definition) is 1. The summed E-state index contributed by atoms with van der Waals surface area (Å²) in [5.41, 5.74) is 1.96. The fraction of sp³-hybridized carbons (Fsp3) is 0.278. The van der Waals surface area contributed by atoms with Gasteiger partial charge in [0.15, 0.2) is 0 Å². The number of fused-ring (bicyclic) bond motifs is 1. The van der Waals surface area contributed by atoms with Gasteiger partial charge in [-0.2, -0.15) is 13.2 Å². The van der Waals surface area contributed by atoms with Crippen molar-refractivity contribution in [3.05, 3.63) is 52.5 Å². The number of benzene rings is 2. The molecule has 1 amide bonds. The smallest absolute Gasteiger partial charge is 0.322 e. The van der Waals surface area contributed by atoms with Gasteiger partial charge < -0.3 is 4.90 Å². The van der Waals surface area contributed by atoms with E-state index in [0.29, 0.717) is 22.4 Å². The van der Waals surface area contributed by atoms with Crippen LogP contribution < -0.4 is 4.72 Å². The fourth-order valence-corrected chi connectivity index (χ4v) is 3.93. The van der Waals surface area contributed by atoms with Gasteiger partial charge in [0.25, 0.3) is 5.91 Å². The van der Waals surface area contributed by atoms with E-state index in [9.17, 15) is 26.4 Å². The molecule has 3 rings (SSSR count). The normalized spacial score (nSPS) is 15.5. The van der Waals surface area contributed by atoms with Crippen LogP contribution >= 0.6 is 11.6 Å². The molecule has 1 atom stereocenters. The third-order valence-corrected chi connectivity index (χ3v) is 5.33. The summed E-state index contributed by atoms with van der Waals surface area (Å²) in [5, 5.41) is 0.0517. The molecule has 2 aromatic carbocycles. The highest BCUT2D eigenvalue weighted by Gasteiger charge is 2.45. The second-order valence-corrected chi connectivity index (χ2v) is 8.75. The highest BCUT2D eigenvalue weighted by Crippen LogP contribution is 2.38. The Kier molecular flexibility index (Phi) is 5.09. The van der Waals surface area contributed by atoms with Crippen molar-refractivity contribution >= 4 is 33.2 Å². The maximum Gasteiger partial charge on any atom is 0.408 e. The summed E-state index contributed by atoms with van der Waals surface area (Å²) < 4.78 is 64.3. The molecule has 1 N–H and O–H groups in total. The van der Waals surface area contributed by atoms with E-state index in [1.54, 1.807) is 30.3 Å². The molecule has 0 radical (unpaired) electrons. The van der Waals surface area contributed by atoms with E-state index in [0.717, 1.165) is 18.1 Å². The van der Waals surface area contributed by atoms with Crippen molar-refractivity contribution in [3.8, 4) is 11.1 Å². The van der Waals surface area contributed by atoms with Crippen LogP contribution in [0.15, 0.2) is 36.4 Å². The molecule has 10 heteroatoms. The minimum absolute atomic E-state index is 0.0517. The number of sulfonamides is 1. The van der Waals surface area contributed by atoms with Crippen molar-refractivity contribution in [2.24, 2.45) is 0 Å². The largest absolute Gasteiger partial charge is 0.408 e. The van der Waals surface area contributed by atoms with E-state index in [2.05, 4.69) is 4.72 Å². The second-order valence-electron chi connectivity index (χ2n) is 6.60. The molecular weight excluding hydrogens is 417 g/mol. The minimum atomic E-state index is -4.54. The zero-order chi connectivity index (χ0) is 20.9. The van der Waals surface area contributed by atoms with Gasteiger partial charge in [0, 0.05) is 12.2 Å². The van der Waals surface area contributed by atoms with Crippen LogP contribution in [-0.2, 0) is 16.6 Å². The maximum absolute atomic E-state index is 13.0. The van der Waals surface area contributed by atoms with E-state index in [-0.39, 0.29) is 17.1 Å². The van der Waals surface area contributed by atoms with Crippen molar-refractivity contribution in [1.29, 1.82) is 0 Å². The number of anilines is 1. The quantitative estimate of drug-likeness (QED) is 0.784. The Bertz CT molecular complexity index is 1050. The Hall–Kier alpha value is -2.26. The number of rotatable bonds is 4. The lowest BCUT2D eigenvalue weighted by Gasteiger charge is -2.26. The number of nitrogens with one attached hydrogen (secondary N) is 1. The van der Waals surface area contributed by atoms with E-state index in [4.69, 9.17) is 11.6 Å². The summed E-state index contributed by atoms with van der Waals surface area (Å²) in [5.74, 6) is -0.760. The zero-order valence-corrected chi connectivity index (χ0v) is 16.4. The van der Waals surface area contributed by atoms with Crippen molar-refractivity contribution in [2.45, 2.75) is 25.7 Å². The molecule has 0 aliphatic carbocycles. The third-order valence-electron chi connectivity index (χ3n) is 4.43. The average molecular weight is 433 g/mol. The van der Waals surface area contributed by atoms with Gasteiger partial charge >= 0.3 is 6.18 Å². The Balaban J connectivity index is 1.99. The standard InChI is InChI=1S/C18H16ClF3N2O3S/c1-10(18(20,21)22)24-9-13-6-12(8-15(19)16(13)17(24)25)11-4-3-5-14(7-11)23-28(2,26)27/h3-8,10,23H,9H2,1-2H3/t10-/m0/s1. The molecule has 0 spiro atoms. The zero-order valence-electron chi connectivity index (χ0n) is 14.8. The highest BCUT2D eigenvalue weighted by molar-refractivity contribution is 7.92. The summed E-state index contributed by atoms with van der Waals surface area (Å²) in [6.45, 7) is 0.725. The lowest BCUT2D eigenvalue weighted by atomic mass is 10.00. The van der Waals surface area contributed by atoms with Gasteiger partial charge in [0.2, 0.25) is 10.0 Å². The number of halogens is 4. The van der Waals surface area contributed by atoms with Gasteiger partial charge in [-0.1, -0.05) is 23.7 Å². The van der Waals surface area contributed by atoms with Crippen LogP contribution in [0.5, 0.6) is 0 Å². The molecule has 1 heterocycles. The molecule has 2 aromatic rings. The van der Waals surface area contributed by atoms with Crippen LogP contribution in [0.1, 0.15) is 22.8 Å². The van der Waals surface area contributed by atoms with Crippen molar-refractivity contribution < 1.29 is 26.4 Å². The summed E-state index contributed by atoms with van der Waals surface area (Å²) in [6, 6.07) is 7.63. The SMILES string of the molecule is C[C@H](N1Cc2cc(-c3cccc(NS(C)(=O)=O)c3)cc(Cl)c2C1=O)C(F)(F)F. The predicted molar refractivity (Wildman–Crippen MR) is 101 cm³/mol. The molecule has 0 aromatic heterocycles. The maximum atomic E-state index is 13.0. The van der Waals surface area contributed by atoms with Crippen molar-refractivity contribution in [2.75, 3.05) is 11.0 Å². The Labute approximate surface area is 165 Å². The number of carbonyl (C=O) groups is 1. The molecule has 0 fully saturated rings. The third kappa shape index (κ3) is 4.10. The summed E-state index contributed by atoms with van der Waals surface area (Å²) in [6.07, 6.45) is -3.52. The molecule has 1 aliphatic rings. The van der Waals surface area contributed by atoms with Gasteiger partial charge in [0.1, 0.15) is 6.04 Å². The first kappa shape index (κ1) is 20.5. The average Bonchev–Trinajstić information content (AvgIpc) is 2.89. The summed E-state index contributed by atoms with van der Waals surface area (Å²) in [7, 11) is -3.47. The van der Waals surface area contributed by atoms with E-state index < -0.39 is 28.1 Å². The van der Waals surface area contributed by atoms with Crippen LogP contribution in [0.2, 0.25) is 5.02 Å². The van der Waals surface area contributed by atoms with E-state index >= 15 is 0 Å². The molecule has 28 heavy (non-hydrogen) atoms. The lowest BCUT2D eigenvalue weighted by Crippen LogP contribution is -2.43. The van der Waals surface area contributed by atoms with Gasteiger partial charge in [-0.3, -0.25) is 9.52 Å². The molecule has 0 saturated heterocycles. The predicted octanol–water partition coefficient (Wildman–Crippen LogP) is 4.29. The Morgan fingerprint density at radius 3 is 2.46 bits per heavy atom. The molecule has 0 unspecified atom stereocenters. The van der Waals surface area contributed by atoms with E-state index in [1.165, 1.54) is 6.07 Å². The molecular formula is C18H16ClF3N2O3S. The number of nitrogens with zero attached hydrogens (tertiary/aromatic N) is 1. The molecule has 150 valence electrons. The first-order valence-electron chi connectivity index (χ1n) is 8.15. The van der Waals surface area contributed by atoms with Crippen molar-refractivity contribution in [3.63, 3.8) is 0 Å². The Morgan fingerprint density at radius 1 is 1.18 bits per heavy atom. The first-order valence-corrected chi connectivity index (χ1v) is 10.4. The fourth-order valence-electron chi connectivity index (χ4n) is 3.06. The molecule has 5 nitrogen and oxygen atoms in total. The van der Waals surface area contributed by atoms with Crippen LogP contribution in [0.3, 0.4) is 0 Å². The molecule has 0 bridgehead atoms. The van der Waals surface area contributed by atoms with Crippen LogP contribution in [0.25, 0.3) is 11.1 Å². The van der Waals surface area contributed by atoms with Crippen LogP contribution in [0, 0.1) is 0 Å². The van der Waals surface area contributed by atoms with Gasteiger partial charge in [0.05, 0.1) is 16.8 Å². The summed E-state index contributed by atoms with van der Waals surface area (Å²) >= 11 is 6.21. The number of amides is 1. The number of alkyl halides is 3. The second kappa shape index (κ2) is 6.97. The van der Waals surface area contributed by atoms with Gasteiger partial charge in [-0.15, -0.1) is 0 Å². The highest BCUT2D eigenvalue weighted by atomic mass is 35.5. The van der Waals surface area contributed by atoms with Crippen LogP contribution in [-0.4, -0.2) is 37.7 Å².